The van der Waals surface area contributed by atoms with Crippen LogP contribution >= 0.6 is 0 Å². The first kappa shape index (κ1) is 11.5. The molecule has 0 heterocycles. The van der Waals surface area contributed by atoms with E-state index in [-0.39, 0.29) is 5.91 Å². The van der Waals surface area contributed by atoms with Crippen LogP contribution in [0.2, 0.25) is 0 Å². The molecule has 0 fully saturated rings. The molecular weight excluding hydrogens is 190 g/mol. The van der Waals surface area contributed by atoms with E-state index >= 15 is 0 Å². The van der Waals surface area contributed by atoms with Crippen molar-refractivity contribution >= 4 is 11.6 Å². The number of aryl methyl sites for hydroxylation is 1. The summed E-state index contributed by atoms with van der Waals surface area (Å²) in [5.74, 6) is 5.28. The van der Waals surface area contributed by atoms with Crippen molar-refractivity contribution in [2.45, 2.75) is 12.8 Å². The lowest BCUT2D eigenvalue weighted by molar-refractivity contribution is -0.130. The lowest BCUT2D eigenvalue weighted by atomic mass is 10.1. The lowest BCUT2D eigenvalue weighted by Crippen LogP contribution is -2.33. The van der Waals surface area contributed by atoms with Gasteiger partial charge in [0.25, 0.3) is 0 Å². The summed E-state index contributed by atoms with van der Waals surface area (Å²) in [6, 6.07) is 7.93. The predicted molar refractivity (Wildman–Crippen MR) is 61.3 cm³/mol. The molecule has 0 aliphatic carbocycles. The molecule has 1 amide bonds. The van der Waals surface area contributed by atoms with Gasteiger partial charge in [0.1, 0.15) is 0 Å². The third kappa shape index (κ3) is 3.25. The molecule has 0 unspecified atom stereocenters. The summed E-state index contributed by atoms with van der Waals surface area (Å²) >= 11 is 0. The van der Waals surface area contributed by atoms with Crippen LogP contribution in [0.3, 0.4) is 0 Å². The zero-order chi connectivity index (χ0) is 11.3. The Morgan fingerprint density at radius 3 is 2.73 bits per heavy atom. The van der Waals surface area contributed by atoms with Gasteiger partial charge in [0, 0.05) is 26.2 Å². The van der Waals surface area contributed by atoms with Gasteiger partial charge < -0.3 is 5.32 Å². The summed E-state index contributed by atoms with van der Waals surface area (Å²) in [6.07, 6.45) is 1.14. The molecule has 4 heteroatoms. The van der Waals surface area contributed by atoms with Gasteiger partial charge in [0.15, 0.2) is 0 Å². The Morgan fingerprint density at radius 2 is 2.13 bits per heavy atom. The number of hydrogen-bond donors (Lipinski definition) is 2. The summed E-state index contributed by atoms with van der Waals surface area (Å²) in [6.45, 7) is 0. The van der Waals surface area contributed by atoms with E-state index in [2.05, 4.69) is 5.32 Å². The van der Waals surface area contributed by atoms with Crippen molar-refractivity contribution in [3.63, 3.8) is 0 Å². The minimum absolute atomic E-state index is 0.0547. The number of benzene rings is 1. The summed E-state index contributed by atoms with van der Waals surface area (Å²) in [7, 11) is 3.43. The molecule has 0 saturated carbocycles. The molecule has 0 radical (unpaired) electrons. The summed E-state index contributed by atoms with van der Waals surface area (Å²) < 4.78 is 0. The molecule has 1 aromatic carbocycles. The largest absolute Gasteiger partial charge is 0.388 e. The van der Waals surface area contributed by atoms with Crippen molar-refractivity contribution in [1.82, 2.24) is 5.01 Å². The highest BCUT2D eigenvalue weighted by Gasteiger charge is 2.06. The number of hydrogen-bond acceptors (Lipinski definition) is 3. The Hall–Kier alpha value is -1.55. The first-order valence-electron chi connectivity index (χ1n) is 4.92. The molecule has 0 bridgehead atoms. The number of carbonyl (C=O) groups excluding carboxylic acids is 1. The molecule has 0 aromatic heterocycles. The van der Waals surface area contributed by atoms with E-state index in [1.807, 2.05) is 31.3 Å². The molecule has 0 spiro atoms. The maximum absolute atomic E-state index is 11.3. The topological polar surface area (TPSA) is 58.4 Å². The van der Waals surface area contributed by atoms with Gasteiger partial charge in [-0.05, 0) is 18.1 Å². The van der Waals surface area contributed by atoms with Crippen LogP contribution in [0.1, 0.15) is 12.0 Å². The predicted octanol–water partition coefficient (Wildman–Crippen LogP) is 0.993. The average Bonchev–Trinajstić information content (AvgIpc) is 2.26. The van der Waals surface area contributed by atoms with Crippen molar-refractivity contribution in [3.8, 4) is 0 Å². The molecule has 4 nitrogen and oxygen atoms in total. The second-order valence-electron chi connectivity index (χ2n) is 3.41. The Kier molecular flexibility index (Phi) is 4.12. The number of amides is 1. The Labute approximate surface area is 90.0 Å². The van der Waals surface area contributed by atoms with Crippen molar-refractivity contribution < 1.29 is 4.79 Å². The fraction of sp³-hybridized carbons (Fsp3) is 0.364. The summed E-state index contributed by atoms with van der Waals surface area (Å²) in [4.78, 5) is 11.3. The first-order valence-corrected chi connectivity index (χ1v) is 4.92. The highest BCUT2D eigenvalue weighted by atomic mass is 16.2. The molecular formula is C11H17N3O. The number of para-hydroxylation sites is 1. The normalized spacial score (nSPS) is 9.80. The van der Waals surface area contributed by atoms with E-state index < -0.39 is 0 Å². The molecule has 0 aliphatic rings. The third-order valence-electron chi connectivity index (χ3n) is 2.29. The van der Waals surface area contributed by atoms with Gasteiger partial charge in [0.05, 0.1) is 0 Å². The Morgan fingerprint density at radius 1 is 1.47 bits per heavy atom. The third-order valence-corrected chi connectivity index (χ3v) is 2.29. The van der Waals surface area contributed by atoms with Gasteiger partial charge in [-0.15, -0.1) is 0 Å². The molecule has 0 aliphatic heterocycles. The minimum Gasteiger partial charge on any atom is -0.388 e. The molecule has 15 heavy (non-hydrogen) atoms. The van der Waals surface area contributed by atoms with E-state index in [1.165, 1.54) is 0 Å². The van der Waals surface area contributed by atoms with Crippen LogP contribution in [-0.4, -0.2) is 25.0 Å². The molecule has 82 valence electrons. The monoisotopic (exact) mass is 207 g/mol. The van der Waals surface area contributed by atoms with E-state index in [9.17, 15) is 4.79 Å². The number of hydrazine groups is 1. The van der Waals surface area contributed by atoms with Gasteiger partial charge >= 0.3 is 0 Å². The molecule has 3 N–H and O–H groups in total. The Bertz CT molecular complexity index is 336. The second-order valence-corrected chi connectivity index (χ2v) is 3.41. The standard InChI is InChI=1S/C11H17N3O/c1-13-10-6-4-3-5-9(10)7-8-11(15)14(2)12/h3-6,13H,7-8,12H2,1-2H3. The minimum atomic E-state index is -0.0547. The van der Waals surface area contributed by atoms with E-state index in [4.69, 9.17) is 5.84 Å². The molecule has 1 aromatic rings. The van der Waals surface area contributed by atoms with Gasteiger partial charge in [-0.3, -0.25) is 9.80 Å². The van der Waals surface area contributed by atoms with E-state index in [1.54, 1.807) is 7.05 Å². The van der Waals surface area contributed by atoms with Gasteiger partial charge in [-0.1, -0.05) is 18.2 Å². The van der Waals surface area contributed by atoms with Crippen molar-refractivity contribution in [2.75, 3.05) is 19.4 Å². The molecule has 0 saturated heterocycles. The van der Waals surface area contributed by atoms with Gasteiger partial charge in [-0.2, -0.15) is 0 Å². The highest BCUT2D eigenvalue weighted by molar-refractivity contribution is 5.75. The molecule has 1 rings (SSSR count). The number of carbonyl (C=O) groups is 1. The van der Waals surface area contributed by atoms with Crippen LogP contribution in [-0.2, 0) is 11.2 Å². The SMILES string of the molecule is CNc1ccccc1CCC(=O)N(C)N. The zero-order valence-electron chi connectivity index (χ0n) is 9.16. The van der Waals surface area contributed by atoms with Crippen molar-refractivity contribution in [2.24, 2.45) is 5.84 Å². The fourth-order valence-corrected chi connectivity index (χ4v) is 1.40. The second kappa shape index (κ2) is 5.36. The highest BCUT2D eigenvalue weighted by Crippen LogP contribution is 2.15. The number of nitrogens with one attached hydrogen (secondary N) is 1. The van der Waals surface area contributed by atoms with Gasteiger partial charge in [-0.25, -0.2) is 5.84 Å². The van der Waals surface area contributed by atoms with Crippen molar-refractivity contribution in [3.05, 3.63) is 29.8 Å². The molecule has 0 atom stereocenters. The number of nitrogens with two attached hydrogens (primary N) is 1. The average molecular weight is 207 g/mol. The fourth-order valence-electron chi connectivity index (χ4n) is 1.40. The van der Waals surface area contributed by atoms with Crippen LogP contribution in [0.4, 0.5) is 5.69 Å². The smallest absolute Gasteiger partial charge is 0.236 e. The Balaban J connectivity index is 2.61. The lowest BCUT2D eigenvalue weighted by Gasteiger charge is -2.11. The van der Waals surface area contributed by atoms with Gasteiger partial charge in [0.2, 0.25) is 5.91 Å². The van der Waals surface area contributed by atoms with E-state index in [0.717, 1.165) is 16.3 Å². The van der Waals surface area contributed by atoms with Crippen LogP contribution in [0.5, 0.6) is 0 Å². The number of rotatable bonds is 4. The first-order chi connectivity index (χ1) is 7.15. The number of nitrogens with zero attached hydrogens (tertiary/aromatic N) is 1. The van der Waals surface area contributed by atoms with Crippen LogP contribution in [0.15, 0.2) is 24.3 Å². The maximum atomic E-state index is 11.3. The summed E-state index contributed by atoms with van der Waals surface area (Å²) in [5, 5.41) is 4.22. The number of anilines is 1. The van der Waals surface area contributed by atoms with Crippen LogP contribution < -0.4 is 11.2 Å². The van der Waals surface area contributed by atoms with Crippen LogP contribution in [0, 0.1) is 0 Å². The van der Waals surface area contributed by atoms with Crippen LogP contribution in [0.25, 0.3) is 0 Å². The quantitative estimate of drug-likeness (QED) is 0.440. The maximum Gasteiger partial charge on any atom is 0.236 e. The van der Waals surface area contributed by atoms with E-state index in [0.29, 0.717) is 12.8 Å². The summed E-state index contributed by atoms with van der Waals surface area (Å²) in [5.41, 5.74) is 2.19. The zero-order valence-corrected chi connectivity index (χ0v) is 9.16. The van der Waals surface area contributed by atoms with Crippen molar-refractivity contribution in [1.29, 1.82) is 0 Å².